The average Bonchev–Trinajstić information content (AvgIpc) is 2.71. The molecule has 1 atom stereocenters. The third kappa shape index (κ3) is 2.68. The van der Waals surface area contributed by atoms with E-state index < -0.39 is 0 Å². The van der Waals surface area contributed by atoms with Gasteiger partial charge in [-0.05, 0) is 25.1 Å². The van der Waals surface area contributed by atoms with Gasteiger partial charge in [-0.1, -0.05) is 11.6 Å². The third-order valence-electron chi connectivity index (χ3n) is 2.11. The molecular weight excluding hydrogens is 206 g/mol. The van der Waals surface area contributed by atoms with Crippen LogP contribution in [0.3, 0.4) is 0 Å². The second kappa shape index (κ2) is 4.42. The Labute approximate surface area is 86.9 Å². The van der Waals surface area contributed by atoms with Gasteiger partial charge in [-0.3, -0.25) is 0 Å². The summed E-state index contributed by atoms with van der Waals surface area (Å²) in [5.41, 5.74) is 0. The largest absolute Gasteiger partial charge is 0.371 e. The van der Waals surface area contributed by atoms with Gasteiger partial charge in [0.2, 0.25) is 0 Å². The van der Waals surface area contributed by atoms with Crippen LogP contribution in [-0.2, 0) is 11.3 Å². The maximum absolute atomic E-state index is 5.81. The zero-order valence-corrected chi connectivity index (χ0v) is 8.83. The number of rotatable bonds is 3. The highest BCUT2D eigenvalue weighted by molar-refractivity contribution is 7.16. The van der Waals surface area contributed by atoms with Crippen LogP contribution in [-0.4, -0.2) is 19.2 Å². The lowest BCUT2D eigenvalue weighted by atomic mass is 10.3. The Balaban J connectivity index is 1.78. The number of nitrogens with one attached hydrogen (secondary N) is 1. The summed E-state index contributed by atoms with van der Waals surface area (Å²) in [4.78, 5) is 1.21. The zero-order valence-electron chi connectivity index (χ0n) is 7.25. The van der Waals surface area contributed by atoms with Gasteiger partial charge in [0.25, 0.3) is 0 Å². The maximum atomic E-state index is 5.81. The van der Waals surface area contributed by atoms with E-state index in [2.05, 4.69) is 5.32 Å². The van der Waals surface area contributed by atoms with Gasteiger partial charge in [-0.25, -0.2) is 0 Å². The van der Waals surface area contributed by atoms with Crippen LogP contribution in [0.1, 0.15) is 11.3 Å². The van der Waals surface area contributed by atoms with Crippen LogP contribution >= 0.6 is 22.9 Å². The molecular formula is C9H12ClNOS. The lowest BCUT2D eigenvalue weighted by Crippen LogP contribution is -2.16. The number of thiophene rings is 1. The number of halogens is 1. The van der Waals surface area contributed by atoms with Gasteiger partial charge in [0.05, 0.1) is 17.0 Å². The van der Waals surface area contributed by atoms with Crippen LogP contribution in [0.15, 0.2) is 12.1 Å². The van der Waals surface area contributed by atoms with Crippen molar-refractivity contribution in [3.63, 3.8) is 0 Å². The normalized spacial score (nSPS) is 22.4. The van der Waals surface area contributed by atoms with E-state index in [9.17, 15) is 0 Å². The van der Waals surface area contributed by atoms with Crippen LogP contribution in [0.25, 0.3) is 0 Å². The minimum Gasteiger partial charge on any atom is -0.371 e. The van der Waals surface area contributed by atoms with E-state index in [1.165, 1.54) is 4.88 Å². The molecule has 0 amide bonds. The molecule has 0 bridgehead atoms. The second-order valence-electron chi connectivity index (χ2n) is 3.13. The summed E-state index contributed by atoms with van der Waals surface area (Å²) in [7, 11) is 0. The van der Waals surface area contributed by atoms with Crippen molar-refractivity contribution in [3.05, 3.63) is 21.3 Å². The van der Waals surface area contributed by atoms with E-state index in [4.69, 9.17) is 16.3 Å². The summed E-state index contributed by atoms with van der Waals surface area (Å²) in [5.74, 6) is 0. The lowest BCUT2D eigenvalue weighted by Gasteiger charge is -2.08. The molecule has 2 nitrogen and oxygen atoms in total. The monoisotopic (exact) mass is 217 g/mol. The Morgan fingerprint density at radius 1 is 1.62 bits per heavy atom. The fourth-order valence-electron chi connectivity index (χ4n) is 1.40. The van der Waals surface area contributed by atoms with Gasteiger partial charge in [0.15, 0.2) is 0 Å². The number of hydrogen-bond donors (Lipinski definition) is 1. The van der Waals surface area contributed by atoms with Crippen molar-refractivity contribution in [2.75, 3.05) is 13.1 Å². The molecule has 0 aliphatic carbocycles. The quantitative estimate of drug-likeness (QED) is 0.839. The Morgan fingerprint density at radius 3 is 3.15 bits per heavy atom. The molecule has 4 heteroatoms. The van der Waals surface area contributed by atoms with Crippen molar-refractivity contribution in [1.29, 1.82) is 0 Å². The molecule has 0 saturated carbocycles. The topological polar surface area (TPSA) is 21.3 Å². The van der Waals surface area contributed by atoms with Crippen LogP contribution in [0.4, 0.5) is 0 Å². The van der Waals surface area contributed by atoms with Crippen molar-refractivity contribution in [3.8, 4) is 0 Å². The first-order valence-corrected chi connectivity index (χ1v) is 5.60. The first-order valence-electron chi connectivity index (χ1n) is 4.41. The molecule has 1 fully saturated rings. The van der Waals surface area contributed by atoms with Crippen LogP contribution in [0.2, 0.25) is 4.34 Å². The molecule has 1 aliphatic heterocycles. The summed E-state index contributed by atoms with van der Waals surface area (Å²) < 4.78 is 6.53. The first kappa shape index (κ1) is 9.46. The van der Waals surface area contributed by atoms with E-state index in [0.717, 1.165) is 23.8 Å². The molecule has 1 saturated heterocycles. The summed E-state index contributed by atoms with van der Waals surface area (Å²) in [6.07, 6.45) is 1.51. The summed E-state index contributed by atoms with van der Waals surface area (Å²) in [5, 5.41) is 3.27. The molecule has 0 spiro atoms. The van der Waals surface area contributed by atoms with Crippen LogP contribution in [0, 0.1) is 0 Å². The summed E-state index contributed by atoms with van der Waals surface area (Å²) in [6, 6.07) is 3.94. The molecule has 1 unspecified atom stereocenters. The third-order valence-corrected chi connectivity index (χ3v) is 3.31. The summed E-state index contributed by atoms with van der Waals surface area (Å²) >= 11 is 7.40. The zero-order chi connectivity index (χ0) is 9.10. The molecule has 1 aromatic rings. The molecule has 1 aliphatic rings. The molecule has 1 aromatic heterocycles. The standard InChI is InChI=1S/C9H12ClNOS/c10-9-2-1-8(13-9)6-12-7-3-4-11-5-7/h1-2,7,11H,3-6H2. The Morgan fingerprint density at radius 2 is 2.54 bits per heavy atom. The van der Waals surface area contributed by atoms with Gasteiger partial charge < -0.3 is 10.1 Å². The highest BCUT2D eigenvalue weighted by Crippen LogP contribution is 2.22. The molecule has 0 aromatic carbocycles. The first-order chi connectivity index (χ1) is 6.34. The van der Waals surface area contributed by atoms with Crippen molar-refractivity contribution in [2.24, 2.45) is 0 Å². The van der Waals surface area contributed by atoms with E-state index in [1.807, 2.05) is 12.1 Å². The highest BCUT2D eigenvalue weighted by atomic mass is 35.5. The van der Waals surface area contributed by atoms with Crippen molar-refractivity contribution in [2.45, 2.75) is 19.1 Å². The molecule has 2 heterocycles. The highest BCUT2D eigenvalue weighted by Gasteiger charge is 2.14. The van der Waals surface area contributed by atoms with Gasteiger partial charge >= 0.3 is 0 Å². The molecule has 0 radical (unpaired) electrons. The van der Waals surface area contributed by atoms with Crippen molar-refractivity contribution < 1.29 is 4.74 Å². The average molecular weight is 218 g/mol. The van der Waals surface area contributed by atoms with E-state index in [-0.39, 0.29) is 0 Å². The fourth-order valence-corrected chi connectivity index (χ4v) is 2.41. The van der Waals surface area contributed by atoms with Gasteiger partial charge in [0, 0.05) is 11.4 Å². The smallest absolute Gasteiger partial charge is 0.0932 e. The van der Waals surface area contributed by atoms with Crippen molar-refractivity contribution in [1.82, 2.24) is 5.32 Å². The van der Waals surface area contributed by atoms with Gasteiger partial charge in [0.1, 0.15) is 0 Å². The van der Waals surface area contributed by atoms with Crippen LogP contribution in [0.5, 0.6) is 0 Å². The number of hydrogen-bond acceptors (Lipinski definition) is 3. The predicted molar refractivity (Wildman–Crippen MR) is 55.4 cm³/mol. The second-order valence-corrected chi connectivity index (χ2v) is 4.93. The van der Waals surface area contributed by atoms with E-state index >= 15 is 0 Å². The molecule has 72 valence electrons. The Bertz CT molecular complexity index is 270. The number of ether oxygens (including phenoxy) is 1. The van der Waals surface area contributed by atoms with Crippen molar-refractivity contribution >= 4 is 22.9 Å². The minimum absolute atomic E-state index is 0.390. The Hall–Kier alpha value is -0.0900. The Kier molecular flexibility index (Phi) is 3.22. The van der Waals surface area contributed by atoms with Gasteiger partial charge in [-0.15, -0.1) is 11.3 Å². The molecule has 1 N–H and O–H groups in total. The fraction of sp³-hybridized carbons (Fsp3) is 0.556. The molecule has 2 rings (SSSR count). The molecule has 13 heavy (non-hydrogen) atoms. The minimum atomic E-state index is 0.390. The summed E-state index contributed by atoms with van der Waals surface area (Å²) in [6.45, 7) is 2.76. The van der Waals surface area contributed by atoms with Crippen LogP contribution < -0.4 is 5.32 Å². The van der Waals surface area contributed by atoms with Gasteiger partial charge in [-0.2, -0.15) is 0 Å². The van der Waals surface area contributed by atoms with E-state index in [1.54, 1.807) is 11.3 Å². The van der Waals surface area contributed by atoms with E-state index in [0.29, 0.717) is 12.7 Å². The SMILES string of the molecule is Clc1ccc(COC2CCNC2)s1. The predicted octanol–water partition coefficient (Wildman–Crippen LogP) is 2.28. The maximum Gasteiger partial charge on any atom is 0.0932 e. The lowest BCUT2D eigenvalue weighted by molar-refractivity contribution is 0.0559.